The Morgan fingerprint density at radius 2 is 2.29 bits per heavy atom. The number of anilines is 1. The van der Waals surface area contributed by atoms with Crippen LogP contribution in [0, 0.1) is 6.92 Å². The van der Waals surface area contributed by atoms with Gasteiger partial charge in [-0.25, -0.2) is 0 Å². The third kappa shape index (κ3) is 3.38. The van der Waals surface area contributed by atoms with Crippen LogP contribution in [0.4, 0.5) is 5.69 Å². The van der Waals surface area contributed by atoms with Gasteiger partial charge in [-0.3, -0.25) is 4.79 Å². The highest BCUT2D eigenvalue weighted by Gasteiger charge is 2.00. The number of aryl methyl sites for hydroxylation is 1. The monoisotopic (exact) mass is 257 g/mol. The summed E-state index contributed by atoms with van der Waals surface area (Å²) in [6, 6.07) is 5.91. The van der Waals surface area contributed by atoms with Gasteiger partial charge in [-0.15, -0.1) is 0 Å². The fraction of sp³-hybridized carbons (Fsp3) is 0.300. The number of carboxylic acids is 1. The Labute approximate surface area is 91.3 Å². The fourth-order valence-electron chi connectivity index (χ4n) is 1.08. The lowest BCUT2D eigenvalue weighted by molar-refractivity contribution is -0.136. The van der Waals surface area contributed by atoms with Gasteiger partial charge in [-0.05, 0) is 40.5 Å². The summed E-state index contributed by atoms with van der Waals surface area (Å²) < 4.78 is 0.952. The van der Waals surface area contributed by atoms with Gasteiger partial charge < -0.3 is 10.4 Å². The first-order valence-electron chi connectivity index (χ1n) is 4.31. The van der Waals surface area contributed by atoms with Crippen LogP contribution in [0.3, 0.4) is 0 Å². The molecule has 0 unspecified atom stereocenters. The highest BCUT2D eigenvalue weighted by molar-refractivity contribution is 9.10. The summed E-state index contributed by atoms with van der Waals surface area (Å²) in [5.41, 5.74) is 2.08. The van der Waals surface area contributed by atoms with E-state index in [9.17, 15) is 4.79 Å². The van der Waals surface area contributed by atoms with Crippen molar-refractivity contribution in [3.8, 4) is 0 Å². The summed E-state index contributed by atoms with van der Waals surface area (Å²) in [6.07, 6.45) is 0.125. The van der Waals surface area contributed by atoms with Crippen LogP contribution in [-0.4, -0.2) is 17.6 Å². The number of hydrogen-bond donors (Lipinski definition) is 2. The summed E-state index contributed by atoms with van der Waals surface area (Å²) in [4.78, 5) is 10.3. The maximum Gasteiger partial charge on any atom is 0.305 e. The molecule has 3 nitrogen and oxygen atoms in total. The zero-order valence-corrected chi connectivity index (χ0v) is 9.47. The van der Waals surface area contributed by atoms with Crippen LogP contribution in [0.15, 0.2) is 22.7 Å². The molecule has 0 fully saturated rings. The molecule has 0 heterocycles. The van der Waals surface area contributed by atoms with Gasteiger partial charge in [0, 0.05) is 16.7 Å². The normalized spacial score (nSPS) is 9.86. The van der Waals surface area contributed by atoms with Gasteiger partial charge >= 0.3 is 5.97 Å². The van der Waals surface area contributed by atoms with Crippen molar-refractivity contribution in [2.75, 3.05) is 11.9 Å². The van der Waals surface area contributed by atoms with E-state index in [1.54, 1.807) is 0 Å². The van der Waals surface area contributed by atoms with Crippen molar-refractivity contribution < 1.29 is 9.90 Å². The van der Waals surface area contributed by atoms with E-state index >= 15 is 0 Å². The predicted octanol–water partition coefficient (Wildman–Crippen LogP) is 2.64. The first-order chi connectivity index (χ1) is 6.59. The molecule has 0 saturated carbocycles. The fourth-order valence-corrected chi connectivity index (χ4v) is 1.47. The van der Waals surface area contributed by atoms with E-state index in [0.29, 0.717) is 6.54 Å². The number of carboxylic acid groups (broad SMARTS) is 1. The molecule has 76 valence electrons. The summed E-state index contributed by atoms with van der Waals surface area (Å²) in [5.74, 6) is -0.790. The van der Waals surface area contributed by atoms with Gasteiger partial charge in [0.05, 0.1) is 6.42 Å². The molecule has 0 bridgehead atoms. The van der Waals surface area contributed by atoms with Gasteiger partial charge in [-0.1, -0.05) is 6.07 Å². The number of aliphatic carboxylic acids is 1. The highest BCUT2D eigenvalue weighted by Crippen LogP contribution is 2.23. The Hall–Kier alpha value is -1.03. The molecular formula is C10H12BrNO2. The molecule has 0 aliphatic rings. The largest absolute Gasteiger partial charge is 0.481 e. The van der Waals surface area contributed by atoms with Crippen molar-refractivity contribution in [1.29, 1.82) is 0 Å². The van der Waals surface area contributed by atoms with Crippen molar-refractivity contribution in [2.45, 2.75) is 13.3 Å². The van der Waals surface area contributed by atoms with Gasteiger partial charge in [0.15, 0.2) is 0 Å². The minimum Gasteiger partial charge on any atom is -0.481 e. The van der Waals surface area contributed by atoms with E-state index in [4.69, 9.17) is 5.11 Å². The van der Waals surface area contributed by atoms with E-state index < -0.39 is 5.97 Å². The molecule has 0 aliphatic heterocycles. The Morgan fingerprint density at radius 3 is 2.93 bits per heavy atom. The lowest BCUT2D eigenvalue weighted by Crippen LogP contribution is -2.07. The Bertz CT molecular complexity index is 339. The van der Waals surface area contributed by atoms with Crippen LogP contribution < -0.4 is 5.32 Å². The van der Waals surface area contributed by atoms with Crippen LogP contribution in [-0.2, 0) is 4.79 Å². The molecule has 0 spiro atoms. The second-order valence-corrected chi connectivity index (χ2v) is 3.91. The molecule has 0 aliphatic carbocycles. The average molecular weight is 258 g/mol. The zero-order valence-electron chi connectivity index (χ0n) is 7.88. The first kappa shape index (κ1) is 11.0. The molecule has 2 N–H and O–H groups in total. The maximum absolute atomic E-state index is 10.3. The van der Waals surface area contributed by atoms with E-state index in [0.717, 1.165) is 15.7 Å². The zero-order chi connectivity index (χ0) is 10.6. The van der Waals surface area contributed by atoms with Gasteiger partial charge in [0.2, 0.25) is 0 Å². The summed E-state index contributed by atoms with van der Waals surface area (Å²) in [7, 11) is 0. The van der Waals surface area contributed by atoms with Crippen molar-refractivity contribution in [2.24, 2.45) is 0 Å². The van der Waals surface area contributed by atoms with E-state index in [1.807, 2.05) is 25.1 Å². The third-order valence-corrected chi connectivity index (χ3v) is 2.47. The van der Waals surface area contributed by atoms with Crippen LogP contribution >= 0.6 is 15.9 Å². The second kappa shape index (κ2) is 5.00. The van der Waals surface area contributed by atoms with Crippen LogP contribution in [0.1, 0.15) is 12.0 Å². The maximum atomic E-state index is 10.3. The van der Waals surface area contributed by atoms with E-state index in [2.05, 4.69) is 21.2 Å². The molecular weight excluding hydrogens is 246 g/mol. The van der Waals surface area contributed by atoms with Crippen LogP contribution in [0.2, 0.25) is 0 Å². The Morgan fingerprint density at radius 1 is 1.57 bits per heavy atom. The highest BCUT2D eigenvalue weighted by atomic mass is 79.9. The Balaban J connectivity index is 2.57. The molecule has 14 heavy (non-hydrogen) atoms. The number of halogens is 1. The molecule has 1 rings (SSSR count). The second-order valence-electron chi connectivity index (χ2n) is 3.05. The van der Waals surface area contributed by atoms with Crippen LogP contribution in [0.5, 0.6) is 0 Å². The molecule has 0 atom stereocenters. The van der Waals surface area contributed by atoms with Gasteiger partial charge in [-0.2, -0.15) is 0 Å². The Kier molecular flexibility index (Phi) is 3.95. The van der Waals surface area contributed by atoms with Gasteiger partial charge in [0.1, 0.15) is 0 Å². The molecule has 1 aromatic rings. The summed E-state index contributed by atoms with van der Waals surface area (Å²) >= 11 is 3.39. The third-order valence-electron chi connectivity index (χ3n) is 1.78. The van der Waals surface area contributed by atoms with Gasteiger partial charge in [0.25, 0.3) is 0 Å². The lowest BCUT2D eigenvalue weighted by Gasteiger charge is -2.07. The molecule has 0 amide bonds. The summed E-state index contributed by atoms with van der Waals surface area (Å²) in [5, 5.41) is 11.5. The van der Waals surface area contributed by atoms with Crippen molar-refractivity contribution in [3.63, 3.8) is 0 Å². The van der Waals surface area contributed by atoms with Crippen molar-refractivity contribution in [3.05, 3.63) is 28.2 Å². The number of rotatable bonds is 4. The smallest absolute Gasteiger partial charge is 0.305 e. The van der Waals surface area contributed by atoms with Crippen molar-refractivity contribution >= 4 is 27.6 Å². The minimum atomic E-state index is -0.790. The van der Waals surface area contributed by atoms with Crippen LogP contribution in [0.25, 0.3) is 0 Å². The minimum absolute atomic E-state index is 0.125. The molecule has 0 radical (unpaired) electrons. The number of carbonyl (C=O) groups is 1. The number of benzene rings is 1. The SMILES string of the molecule is Cc1ccc(Br)c(NCCC(=O)O)c1. The van der Waals surface area contributed by atoms with Crippen molar-refractivity contribution in [1.82, 2.24) is 0 Å². The molecule has 4 heteroatoms. The molecule has 0 aromatic heterocycles. The molecule has 0 saturated heterocycles. The average Bonchev–Trinajstić information content (AvgIpc) is 2.10. The topological polar surface area (TPSA) is 49.3 Å². The molecule has 1 aromatic carbocycles. The number of nitrogens with one attached hydrogen (secondary N) is 1. The quantitative estimate of drug-likeness (QED) is 0.872. The number of hydrogen-bond acceptors (Lipinski definition) is 2. The standard InChI is InChI=1S/C10H12BrNO2/c1-7-2-3-8(11)9(6-7)12-5-4-10(13)14/h2-3,6,12H,4-5H2,1H3,(H,13,14). The first-order valence-corrected chi connectivity index (χ1v) is 5.10. The van der Waals surface area contributed by atoms with E-state index in [1.165, 1.54) is 0 Å². The predicted molar refractivity (Wildman–Crippen MR) is 59.6 cm³/mol. The van der Waals surface area contributed by atoms with E-state index in [-0.39, 0.29) is 6.42 Å². The summed E-state index contributed by atoms with van der Waals surface area (Å²) in [6.45, 7) is 2.44. The lowest BCUT2D eigenvalue weighted by atomic mass is 10.2.